The molecule has 0 bridgehead atoms. The minimum atomic E-state index is -3.36. The molecule has 1 fully saturated rings. The van der Waals surface area contributed by atoms with E-state index >= 15 is 0 Å². The van der Waals surface area contributed by atoms with Crippen LogP contribution in [0.5, 0.6) is 5.75 Å². The maximum Gasteiger partial charge on any atom is 0.238 e. The second kappa shape index (κ2) is 6.80. The van der Waals surface area contributed by atoms with Crippen molar-refractivity contribution in [1.82, 2.24) is 14.2 Å². The highest BCUT2D eigenvalue weighted by atomic mass is 35.5. The number of nitrogens with zero attached hydrogens (tertiary/aromatic N) is 3. The van der Waals surface area contributed by atoms with Gasteiger partial charge in [-0.05, 0) is 0 Å². The summed E-state index contributed by atoms with van der Waals surface area (Å²) < 4.78 is 29.5. The molecular formula is C13H18ClN3O4S. The Morgan fingerprint density at radius 1 is 1.59 bits per heavy atom. The van der Waals surface area contributed by atoms with E-state index in [1.807, 2.05) is 0 Å². The van der Waals surface area contributed by atoms with Crippen molar-refractivity contribution in [2.45, 2.75) is 12.5 Å². The van der Waals surface area contributed by atoms with Gasteiger partial charge in [0, 0.05) is 38.5 Å². The van der Waals surface area contributed by atoms with Gasteiger partial charge in [-0.2, -0.15) is 4.31 Å². The van der Waals surface area contributed by atoms with Crippen molar-refractivity contribution >= 4 is 27.5 Å². The third-order valence-corrected chi connectivity index (χ3v) is 5.00. The van der Waals surface area contributed by atoms with E-state index in [0.717, 1.165) is 10.6 Å². The molecule has 0 radical (unpaired) electrons. The van der Waals surface area contributed by atoms with Crippen molar-refractivity contribution in [2.24, 2.45) is 0 Å². The molecule has 7 nitrogen and oxygen atoms in total. The number of rotatable bonds is 5. The van der Waals surface area contributed by atoms with Gasteiger partial charge in [0.05, 0.1) is 19.3 Å². The second-order valence-electron chi connectivity index (χ2n) is 5.19. The predicted octanol–water partition coefficient (Wildman–Crippen LogP) is 0.606. The van der Waals surface area contributed by atoms with Crippen LogP contribution < -0.4 is 4.74 Å². The number of likely N-dealkylation sites (N-methyl/N-ethyl adjacent to an activating group) is 1. The van der Waals surface area contributed by atoms with Crippen LogP contribution in [0.25, 0.3) is 0 Å². The summed E-state index contributed by atoms with van der Waals surface area (Å²) in [6.45, 7) is 0.778. The first-order valence-electron chi connectivity index (χ1n) is 6.72. The monoisotopic (exact) mass is 347 g/mol. The Morgan fingerprint density at radius 2 is 2.32 bits per heavy atom. The predicted molar refractivity (Wildman–Crippen MR) is 82.3 cm³/mol. The SMILES string of the molecule is CN(CC(=O)N1CCC(Oc2ccncc2Cl)C1)S(C)(=O)=O. The summed E-state index contributed by atoms with van der Waals surface area (Å²) in [4.78, 5) is 17.6. The van der Waals surface area contributed by atoms with Gasteiger partial charge in [-0.15, -0.1) is 0 Å². The summed E-state index contributed by atoms with van der Waals surface area (Å²) in [6.07, 6.45) is 4.66. The molecule has 2 rings (SSSR count). The number of hydrogen-bond acceptors (Lipinski definition) is 5. The molecule has 2 heterocycles. The summed E-state index contributed by atoms with van der Waals surface area (Å²) in [5.74, 6) is 0.295. The minimum absolute atomic E-state index is 0.160. The largest absolute Gasteiger partial charge is 0.487 e. The standard InChI is InChI=1S/C13H18ClN3O4S/c1-16(22(2,19)20)9-13(18)17-6-4-10(8-17)21-12-3-5-15-7-11(12)14/h3,5,7,10H,4,6,8-9H2,1-2H3. The first-order chi connectivity index (χ1) is 10.3. The Kier molecular flexibility index (Phi) is 5.25. The van der Waals surface area contributed by atoms with Crippen LogP contribution in [0.15, 0.2) is 18.5 Å². The third kappa shape index (κ3) is 4.31. The fraction of sp³-hybridized carbons (Fsp3) is 0.538. The summed E-state index contributed by atoms with van der Waals surface area (Å²) >= 11 is 5.98. The normalized spacial score (nSPS) is 18.7. The lowest BCUT2D eigenvalue weighted by atomic mass is 10.3. The molecule has 1 aliphatic heterocycles. The number of carbonyl (C=O) groups is 1. The first-order valence-corrected chi connectivity index (χ1v) is 8.95. The number of aromatic nitrogens is 1. The second-order valence-corrected chi connectivity index (χ2v) is 7.69. The lowest BCUT2D eigenvalue weighted by Gasteiger charge is -2.20. The van der Waals surface area contributed by atoms with Gasteiger partial charge in [0.25, 0.3) is 0 Å². The Labute approximate surface area is 134 Å². The van der Waals surface area contributed by atoms with E-state index < -0.39 is 10.0 Å². The fourth-order valence-corrected chi connectivity index (χ4v) is 2.61. The first kappa shape index (κ1) is 17.0. The van der Waals surface area contributed by atoms with E-state index in [1.54, 1.807) is 17.2 Å². The molecule has 1 aromatic rings. The van der Waals surface area contributed by atoms with Crippen LogP contribution in [0.2, 0.25) is 5.02 Å². The van der Waals surface area contributed by atoms with E-state index in [1.165, 1.54) is 13.2 Å². The van der Waals surface area contributed by atoms with Crippen molar-refractivity contribution in [1.29, 1.82) is 0 Å². The summed E-state index contributed by atoms with van der Waals surface area (Å²) in [7, 11) is -1.98. The molecule has 0 aliphatic carbocycles. The van der Waals surface area contributed by atoms with Crippen molar-refractivity contribution in [3.63, 3.8) is 0 Å². The Balaban J connectivity index is 1.90. The van der Waals surface area contributed by atoms with E-state index in [0.29, 0.717) is 30.3 Å². The number of ether oxygens (including phenoxy) is 1. The molecule has 0 spiro atoms. The van der Waals surface area contributed by atoms with Crippen LogP contribution in [0, 0.1) is 0 Å². The Hall–Kier alpha value is -1.38. The molecule has 0 N–H and O–H groups in total. The zero-order valence-electron chi connectivity index (χ0n) is 12.4. The van der Waals surface area contributed by atoms with Crippen molar-refractivity contribution in [2.75, 3.05) is 32.9 Å². The smallest absolute Gasteiger partial charge is 0.238 e. The van der Waals surface area contributed by atoms with E-state index in [-0.39, 0.29) is 18.6 Å². The molecular weight excluding hydrogens is 330 g/mol. The number of pyridine rings is 1. The van der Waals surface area contributed by atoms with Gasteiger partial charge >= 0.3 is 0 Å². The van der Waals surface area contributed by atoms with Crippen LogP contribution in [0.1, 0.15) is 6.42 Å². The molecule has 1 amide bonds. The molecule has 1 atom stereocenters. The van der Waals surface area contributed by atoms with Gasteiger partial charge in [0.2, 0.25) is 15.9 Å². The summed E-state index contributed by atoms with van der Waals surface area (Å²) in [5, 5.41) is 0.420. The zero-order valence-corrected chi connectivity index (χ0v) is 14.0. The fourth-order valence-electron chi connectivity index (χ4n) is 2.10. The van der Waals surface area contributed by atoms with Crippen LogP contribution in [0.4, 0.5) is 0 Å². The maximum absolute atomic E-state index is 12.1. The molecule has 0 saturated carbocycles. The van der Waals surface area contributed by atoms with Crippen molar-refractivity contribution < 1.29 is 17.9 Å². The minimum Gasteiger partial charge on any atom is -0.487 e. The molecule has 9 heteroatoms. The van der Waals surface area contributed by atoms with Crippen LogP contribution in [-0.4, -0.2) is 67.6 Å². The lowest BCUT2D eigenvalue weighted by Crippen LogP contribution is -2.40. The highest BCUT2D eigenvalue weighted by Crippen LogP contribution is 2.25. The number of hydrogen-bond donors (Lipinski definition) is 0. The zero-order chi connectivity index (χ0) is 16.3. The highest BCUT2D eigenvalue weighted by Gasteiger charge is 2.29. The molecule has 1 unspecified atom stereocenters. The molecule has 1 aromatic heterocycles. The molecule has 1 saturated heterocycles. The van der Waals surface area contributed by atoms with Gasteiger partial charge in [0.15, 0.2) is 0 Å². The van der Waals surface area contributed by atoms with Gasteiger partial charge < -0.3 is 9.64 Å². The van der Waals surface area contributed by atoms with Gasteiger partial charge in [-0.25, -0.2) is 8.42 Å². The Morgan fingerprint density at radius 3 is 2.95 bits per heavy atom. The molecule has 122 valence electrons. The lowest BCUT2D eigenvalue weighted by molar-refractivity contribution is -0.130. The van der Waals surface area contributed by atoms with E-state index in [2.05, 4.69) is 4.98 Å². The average Bonchev–Trinajstić information content (AvgIpc) is 2.89. The van der Waals surface area contributed by atoms with Crippen LogP contribution >= 0.6 is 11.6 Å². The van der Waals surface area contributed by atoms with Gasteiger partial charge in [0.1, 0.15) is 16.9 Å². The highest BCUT2D eigenvalue weighted by molar-refractivity contribution is 7.88. The number of likely N-dealkylation sites (tertiary alicyclic amines) is 1. The summed E-state index contributed by atoms with van der Waals surface area (Å²) in [6, 6.07) is 1.67. The number of halogens is 1. The Bertz CT molecular complexity index is 652. The van der Waals surface area contributed by atoms with E-state index in [9.17, 15) is 13.2 Å². The molecule has 22 heavy (non-hydrogen) atoms. The summed E-state index contributed by atoms with van der Waals surface area (Å²) in [5.41, 5.74) is 0. The van der Waals surface area contributed by atoms with Crippen LogP contribution in [0.3, 0.4) is 0 Å². The number of carbonyl (C=O) groups excluding carboxylic acids is 1. The molecule has 1 aliphatic rings. The van der Waals surface area contributed by atoms with Gasteiger partial charge in [-0.1, -0.05) is 11.6 Å². The van der Waals surface area contributed by atoms with Crippen molar-refractivity contribution in [3.8, 4) is 5.75 Å². The van der Waals surface area contributed by atoms with E-state index in [4.69, 9.17) is 16.3 Å². The quantitative estimate of drug-likeness (QED) is 0.779. The number of amides is 1. The van der Waals surface area contributed by atoms with Gasteiger partial charge in [-0.3, -0.25) is 9.78 Å². The number of sulfonamides is 1. The maximum atomic E-state index is 12.1. The molecule has 0 aromatic carbocycles. The topological polar surface area (TPSA) is 79.8 Å². The average molecular weight is 348 g/mol. The van der Waals surface area contributed by atoms with Crippen molar-refractivity contribution in [3.05, 3.63) is 23.5 Å². The van der Waals surface area contributed by atoms with Crippen LogP contribution in [-0.2, 0) is 14.8 Å². The third-order valence-electron chi connectivity index (χ3n) is 3.45.